The van der Waals surface area contributed by atoms with Gasteiger partial charge in [-0.3, -0.25) is 10.1 Å². The Morgan fingerprint density at radius 2 is 2.25 bits per heavy atom. The van der Waals surface area contributed by atoms with Crippen molar-refractivity contribution in [3.05, 3.63) is 45.6 Å². The third kappa shape index (κ3) is 3.21. The fourth-order valence-corrected chi connectivity index (χ4v) is 1.87. The predicted octanol–water partition coefficient (Wildman–Crippen LogP) is 3.53. The maximum Gasteiger partial charge on any atom is 0.313 e. The van der Waals surface area contributed by atoms with Gasteiger partial charge >= 0.3 is 5.69 Å². The van der Waals surface area contributed by atoms with Crippen LogP contribution in [0, 0.1) is 10.1 Å². The lowest BCUT2D eigenvalue weighted by molar-refractivity contribution is -0.384. The van der Waals surface area contributed by atoms with Crippen molar-refractivity contribution < 1.29 is 4.92 Å². The van der Waals surface area contributed by atoms with Crippen molar-refractivity contribution in [3.8, 4) is 11.3 Å². The average molecular weight is 293 g/mol. The number of hydrogen-bond acceptors (Lipinski definition) is 5. The van der Waals surface area contributed by atoms with Crippen molar-refractivity contribution in [1.82, 2.24) is 9.97 Å². The molecule has 1 aromatic heterocycles. The van der Waals surface area contributed by atoms with Crippen molar-refractivity contribution in [2.24, 2.45) is 0 Å². The van der Waals surface area contributed by atoms with Crippen molar-refractivity contribution in [2.45, 2.75) is 13.3 Å². The molecule has 0 saturated heterocycles. The number of rotatable bonds is 5. The van der Waals surface area contributed by atoms with Gasteiger partial charge in [0.1, 0.15) is 6.20 Å². The van der Waals surface area contributed by atoms with Gasteiger partial charge in [0.05, 0.1) is 4.92 Å². The lowest BCUT2D eigenvalue weighted by Crippen LogP contribution is -2.06. The molecule has 0 aliphatic carbocycles. The number of anilines is 1. The van der Waals surface area contributed by atoms with Gasteiger partial charge in [0.2, 0.25) is 5.95 Å². The predicted molar refractivity (Wildman–Crippen MR) is 77.9 cm³/mol. The Labute approximate surface area is 121 Å². The van der Waals surface area contributed by atoms with E-state index in [-0.39, 0.29) is 11.4 Å². The fourth-order valence-electron chi connectivity index (χ4n) is 1.68. The lowest BCUT2D eigenvalue weighted by Gasteiger charge is -2.06. The number of hydrogen-bond donors (Lipinski definition) is 1. The Bertz CT molecular complexity index is 634. The van der Waals surface area contributed by atoms with Crippen LogP contribution >= 0.6 is 11.6 Å². The highest BCUT2D eigenvalue weighted by Crippen LogP contribution is 2.29. The molecule has 2 aromatic rings. The van der Waals surface area contributed by atoms with E-state index in [0.717, 1.165) is 6.42 Å². The van der Waals surface area contributed by atoms with E-state index in [1.165, 1.54) is 6.20 Å². The largest absolute Gasteiger partial charge is 0.354 e. The van der Waals surface area contributed by atoms with Gasteiger partial charge in [-0.15, -0.1) is 0 Å². The van der Waals surface area contributed by atoms with E-state index >= 15 is 0 Å². The van der Waals surface area contributed by atoms with Gasteiger partial charge in [0.15, 0.2) is 5.69 Å². The SMILES string of the molecule is CCCNc1ncc([N+](=O)[O-])c(-c2cccc(Cl)c2)n1. The topological polar surface area (TPSA) is 81.0 Å². The van der Waals surface area contributed by atoms with Crippen LogP contribution in [-0.4, -0.2) is 21.4 Å². The summed E-state index contributed by atoms with van der Waals surface area (Å²) in [4.78, 5) is 18.7. The molecule has 104 valence electrons. The molecule has 1 heterocycles. The molecule has 0 unspecified atom stereocenters. The van der Waals surface area contributed by atoms with Crippen LogP contribution in [-0.2, 0) is 0 Å². The van der Waals surface area contributed by atoms with E-state index in [1.807, 2.05) is 6.92 Å². The highest BCUT2D eigenvalue weighted by atomic mass is 35.5. The van der Waals surface area contributed by atoms with E-state index in [9.17, 15) is 10.1 Å². The summed E-state index contributed by atoms with van der Waals surface area (Å²) in [5, 5.41) is 14.6. The molecule has 0 bridgehead atoms. The highest BCUT2D eigenvalue weighted by Gasteiger charge is 2.19. The molecule has 0 amide bonds. The van der Waals surface area contributed by atoms with E-state index in [2.05, 4.69) is 15.3 Å². The molecule has 7 heteroatoms. The third-order valence-corrected chi connectivity index (χ3v) is 2.83. The van der Waals surface area contributed by atoms with Crippen LogP contribution in [0.1, 0.15) is 13.3 Å². The average Bonchev–Trinajstić information content (AvgIpc) is 2.44. The molecule has 1 aromatic carbocycles. The van der Waals surface area contributed by atoms with E-state index < -0.39 is 4.92 Å². The van der Waals surface area contributed by atoms with Crippen LogP contribution in [0.3, 0.4) is 0 Å². The van der Waals surface area contributed by atoms with Gasteiger partial charge in [-0.1, -0.05) is 30.7 Å². The molecular formula is C13H13ClN4O2. The number of nitrogens with one attached hydrogen (secondary N) is 1. The zero-order chi connectivity index (χ0) is 14.5. The Balaban J connectivity index is 2.49. The first kappa shape index (κ1) is 14.2. The molecule has 0 fully saturated rings. The monoisotopic (exact) mass is 292 g/mol. The van der Waals surface area contributed by atoms with Crippen LogP contribution in [0.5, 0.6) is 0 Å². The summed E-state index contributed by atoms with van der Waals surface area (Å²) >= 11 is 5.92. The Morgan fingerprint density at radius 1 is 1.45 bits per heavy atom. The van der Waals surface area contributed by atoms with Gasteiger partial charge in [-0.25, -0.2) is 9.97 Å². The summed E-state index contributed by atoms with van der Waals surface area (Å²) in [6, 6.07) is 6.79. The molecule has 0 aliphatic heterocycles. The summed E-state index contributed by atoms with van der Waals surface area (Å²) in [7, 11) is 0. The molecule has 2 rings (SSSR count). The van der Waals surface area contributed by atoms with E-state index in [1.54, 1.807) is 24.3 Å². The minimum Gasteiger partial charge on any atom is -0.354 e. The lowest BCUT2D eigenvalue weighted by atomic mass is 10.1. The maximum atomic E-state index is 11.1. The number of nitrogens with zero attached hydrogens (tertiary/aromatic N) is 3. The molecule has 20 heavy (non-hydrogen) atoms. The molecule has 0 spiro atoms. The summed E-state index contributed by atoms with van der Waals surface area (Å²) < 4.78 is 0. The second-order valence-corrected chi connectivity index (χ2v) is 4.56. The first-order valence-corrected chi connectivity index (χ1v) is 6.51. The van der Waals surface area contributed by atoms with Gasteiger partial charge in [0.25, 0.3) is 0 Å². The maximum absolute atomic E-state index is 11.1. The smallest absolute Gasteiger partial charge is 0.313 e. The first-order chi connectivity index (χ1) is 9.61. The molecule has 1 N–H and O–H groups in total. The molecule has 0 atom stereocenters. The van der Waals surface area contributed by atoms with Crippen LogP contribution in [0.4, 0.5) is 11.6 Å². The van der Waals surface area contributed by atoms with Crippen molar-refractivity contribution in [1.29, 1.82) is 0 Å². The summed E-state index contributed by atoms with van der Waals surface area (Å²) in [6.45, 7) is 2.71. The van der Waals surface area contributed by atoms with E-state index in [0.29, 0.717) is 23.1 Å². The van der Waals surface area contributed by atoms with Gasteiger partial charge in [-0.05, 0) is 18.6 Å². The van der Waals surface area contributed by atoms with Crippen LogP contribution in [0.15, 0.2) is 30.5 Å². The van der Waals surface area contributed by atoms with Crippen LogP contribution in [0.25, 0.3) is 11.3 Å². The third-order valence-electron chi connectivity index (χ3n) is 2.60. The molecule has 0 radical (unpaired) electrons. The van der Waals surface area contributed by atoms with Gasteiger partial charge in [0, 0.05) is 17.1 Å². The zero-order valence-corrected chi connectivity index (χ0v) is 11.6. The zero-order valence-electron chi connectivity index (χ0n) is 10.8. The number of benzene rings is 1. The summed E-state index contributed by atoms with van der Waals surface area (Å²) in [5.74, 6) is 0.368. The molecule has 0 aliphatic rings. The molecule has 6 nitrogen and oxygen atoms in total. The number of aromatic nitrogens is 2. The summed E-state index contributed by atoms with van der Waals surface area (Å²) in [6.07, 6.45) is 2.12. The normalized spacial score (nSPS) is 10.3. The van der Waals surface area contributed by atoms with E-state index in [4.69, 9.17) is 11.6 Å². The Kier molecular flexibility index (Phi) is 4.47. The molecule has 0 saturated carbocycles. The van der Waals surface area contributed by atoms with Gasteiger partial charge in [-0.2, -0.15) is 0 Å². The van der Waals surface area contributed by atoms with Crippen LogP contribution in [0.2, 0.25) is 5.02 Å². The summed E-state index contributed by atoms with van der Waals surface area (Å²) in [5.41, 5.74) is 0.701. The van der Waals surface area contributed by atoms with Crippen molar-refractivity contribution >= 4 is 23.2 Å². The highest BCUT2D eigenvalue weighted by molar-refractivity contribution is 6.30. The standard InChI is InChI=1S/C13H13ClN4O2/c1-2-6-15-13-16-8-11(18(19)20)12(17-13)9-4-3-5-10(14)7-9/h3-5,7-8H,2,6H2,1H3,(H,15,16,17). The first-order valence-electron chi connectivity index (χ1n) is 6.13. The van der Waals surface area contributed by atoms with Crippen LogP contribution < -0.4 is 5.32 Å². The van der Waals surface area contributed by atoms with Crippen molar-refractivity contribution in [2.75, 3.05) is 11.9 Å². The number of nitro groups is 1. The quantitative estimate of drug-likeness (QED) is 0.673. The van der Waals surface area contributed by atoms with Crippen molar-refractivity contribution in [3.63, 3.8) is 0 Å². The Hall–Kier alpha value is -2.21. The minimum absolute atomic E-state index is 0.144. The van der Waals surface area contributed by atoms with Gasteiger partial charge < -0.3 is 5.32 Å². The molecular weight excluding hydrogens is 280 g/mol. The minimum atomic E-state index is -0.500. The second-order valence-electron chi connectivity index (χ2n) is 4.12. The Morgan fingerprint density at radius 3 is 2.90 bits per heavy atom. The second kappa shape index (κ2) is 6.29. The fraction of sp³-hybridized carbons (Fsp3) is 0.231. The number of halogens is 1.